The SMILES string of the molecule is C=C=C(C)C(O)c1ccc(C(=O)OC)cc1. The van der Waals surface area contributed by atoms with E-state index in [-0.39, 0.29) is 0 Å². The molecule has 0 saturated heterocycles. The van der Waals surface area contributed by atoms with Gasteiger partial charge in [-0.1, -0.05) is 18.7 Å². The first-order valence-electron chi connectivity index (χ1n) is 4.83. The molecule has 0 saturated carbocycles. The highest BCUT2D eigenvalue weighted by Crippen LogP contribution is 2.20. The zero-order valence-corrected chi connectivity index (χ0v) is 9.36. The van der Waals surface area contributed by atoms with Gasteiger partial charge in [0.2, 0.25) is 0 Å². The average Bonchev–Trinajstić information content (AvgIpc) is 2.36. The van der Waals surface area contributed by atoms with Crippen molar-refractivity contribution in [3.05, 3.63) is 53.3 Å². The molecule has 1 aromatic rings. The Morgan fingerprint density at radius 2 is 2.00 bits per heavy atom. The lowest BCUT2D eigenvalue weighted by atomic mass is 10.0. The van der Waals surface area contributed by atoms with E-state index in [9.17, 15) is 9.90 Å². The van der Waals surface area contributed by atoms with Gasteiger partial charge in [-0.05, 0) is 24.6 Å². The minimum Gasteiger partial charge on any atom is -0.465 e. The number of ether oxygens (including phenoxy) is 1. The number of esters is 1. The van der Waals surface area contributed by atoms with Crippen molar-refractivity contribution >= 4 is 5.97 Å². The molecule has 0 amide bonds. The molecule has 0 fully saturated rings. The Kier molecular flexibility index (Phi) is 4.06. The molecule has 0 aliphatic rings. The summed E-state index contributed by atoms with van der Waals surface area (Å²) in [5.41, 5.74) is 4.43. The molecule has 0 aliphatic carbocycles. The zero-order chi connectivity index (χ0) is 12.1. The van der Waals surface area contributed by atoms with Gasteiger partial charge in [-0.15, -0.1) is 5.73 Å². The van der Waals surface area contributed by atoms with Crippen molar-refractivity contribution in [2.45, 2.75) is 13.0 Å². The van der Waals surface area contributed by atoms with Crippen LogP contribution in [0.2, 0.25) is 0 Å². The molecular formula is C13H14O3. The summed E-state index contributed by atoms with van der Waals surface area (Å²) < 4.78 is 4.58. The summed E-state index contributed by atoms with van der Waals surface area (Å²) in [4.78, 5) is 11.2. The summed E-state index contributed by atoms with van der Waals surface area (Å²) in [7, 11) is 1.33. The van der Waals surface area contributed by atoms with E-state index in [4.69, 9.17) is 0 Å². The number of aliphatic hydroxyl groups excluding tert-OH is 1. The third-order valence-corrected chi connectivity index (χ3v) is 2.34. The molecule has 1 aromatic carbocycles. The van der Waals surface area contributed by atoms with Gasteiger partial charge < -0.3 is 9.84 Å². The van der Waals surface area contributed by atoms with Crippen molar-refractivity contribution in [2.75, 3.05) is 7.11 Å². The molecule has 0 aromatic heterocycles. The van der Waals surface area contributed by atoms with Crippen molar-refractivity contribution in [1.82, 2.24) is 0 Å². The maximum absolute atomic E-state index is 11.2. The van der Waals surface area contributed by atoms with Gasteiger partial charge in [0.15, 0.2) is 0 Å². The second kappa shape index (κ2) is 5.31. The summed E-state index contributed by atoms with van der Waals surface area (Å²) >= 11 is 0. The third kappa shape index (κ3) is 2.60. The molecule has 1 rings (SSSR count). The predicted octanol–water partition coefficient (Wildman–Crippen LogP) is 2.24. The number of carbonyl (C=O) groups excluding carboxylic acids is 1. The zero-order valence-electron chi connectivity index (χ0n) is 9.36. The number of carbonyl (C=O) groups is 1. The molecule has 1 unspecified atom stereocenters. The number of rotatable bonds is 3. The lowest BCUT2D eigenvalue weighted by Crippen LogP contribution is -2.03. The molecule has 3 nitrogen and oxygen atoms in total. The van der Waals surface area contributed by atoms with Gasteiger partial charge in [-0.2, -0.15) is 0 Å². The topological polar surface area (TPSA) is 46.5 Å². The average molecular weight is 218 g/mol. The van der Waals surface area contributed by atoms with E-state index in [1.165, 1.54) is 7.11 Å². The Balaban J connectivity index is 2.95. The normalized spacial score (nSPS) is 11.4. The van der Waals surface area contributed by atoms with Gasteiger partial charge in [0.1, 0.15) is 6.10 Å². The molecule has 3 heteroatoms. The fraction of sp³-hybridized carbons (Fsp3) is 0.231. The smallest absolute Gasteiger partial charge is 0.337 e. The van der Waals surface area contributed by atoms with Crippen LogP contribution in [0.25, 0.3) is 0 Å². The molecule has 0 aliphatic heterocycles. The van der Waals surface area contributed by atoms with Crippen LogP contribution in [0.3, 0.4) is 0 Å². The van der Waals surface area contributed by atoms with E-state index in [1.807, 2.05) is 0 Å². The standard InChI is InChI=1S/C13H14O3/c1-4-9(2)12(14)10-5-7-11(8-6-10)13(15)16-3/h5-8,12,14H,1H2,2-3H3. The van der Waals surface area contributed by atoms with E-state index in [0.717, 1.165) is 0 Å². The van der Waals surface area contributed by atoms with Crippen LogP contribution in [0.5, 0.6) is 0 Å². The van der Waals surface area contributed by atoms with Crippen molar-refractivity contribution in [1.29, 1.82) is 0 Å². The van der Waals surface area contributed by atoms with Crippen LogP contribution < -0.4 is 0 Å². The molecule has 84 valence electrons. The molecule has 0 radical (unpaired) electrons. The maximum Gasteiger partial charge on any atom is 0.337 e. The van der Waals surface area contributed by atoms with Gasteiger partial charge in [-0.3, -0.25) is 0 Å². The summed E-state index contributed by atoms with van der Waals surface area (Å²) in [6, 6.07) is 6.58. The van der Waals surface area contributed by atoms with Gasteiger partial charge in [0.25, 0.3) is 0 Å². The minimum atomic E-state index is -0.732. The number of methoxy groups -OCH3 is 1. The molecule has 16 heavy (non-hydrogen) atoms. The first kappa shape index (κ1) is 12.2. The van der Waals surface area contributed by atoms with Gasteiger partial charge in [-0.25, -0.2) is 4.79 Å². The Morgan fingerprint density at radius 3 is 2.44 bits per heavy atom. The maximum atomic E-state index is 11.2. The Bertz CT molecular complexity index is 425. The predicted molar refractivity (Wildman–Crippen MR) is 61.1 cm³/mol. The second-order valence-corrected chi connectivity index (χ2v) is 3.38. The Morgan fingerprint density at radius 1 is 1.44 bits per heavy atom. The van der Waals surface area contributed by atoms with Crippen LogP contribution in [0, 0.1) is 0 Å². The third-order valence-electron chi connectivity index (χ3n) is 2.34. The fourth-order valence-corrected chi connectivity index (χ4v) is 1.27. The van der Waals surface area contributed by atoms with E-state index in [0.29, 0.717) is 16.7 Å². The summed E-state index contributed by atoms with van der Waals surface area (Å²) in [5, 5.41) is 9.82. The molecule has 0 spiro atoms. The Hall–Kier alpha value is -1.83. The molecule has 1 N–H and O–H groups in total. The van der Waals surface area contributed by atoms with E-state index in [1.54, 1.807) is 31.2 Å². The van der Waals surface area contributed by atoms with Gasteiger partial charge in [0, 0.05) is 5.57 Å². The Labute approximate surface area is 94.7 Å². The highest BCUT2D eigenvalue weighted by molar-refractivity contribution is 5.89. The first-order chi connectivity index (χ1) is 7.60. The van der Waals surface area contributed by atoms with E-state index >= 15 is 0 Å². The van der Waals surface area contributed by atoms with E-state index < -0.39 is 12.1 Å². The van der Waals surface area contributed by atoms with Gasteiger partial charge >= 0.3 is 5.97 Å². The van der Waals surface area contributed by atoms with E-state index in [2.05, 4.69) is 17.0 Å². The van der Waals surface area contributed by atoms with Crippen LogP contribution >= 0.6 is 0 Å². The summed E-state index contributed by atoms with van der Waals surface area (Å²) in [6.45, 7) is 5.21. The highest BCUT2D eigenvalue weighted by Gasteiger charge is 2.10. The number of hydrogen-bond donors (Lipinski definition) is 1. The highest BCUT2D eigenvalue weighted by atomic mass is 16.5. The fourth-order valence-electron chi connectivity index (χ4n) is 1.27. The molecule has 1 atom stereocenters. The molecule has 0 heterocycles. The van der Waals surface area contributed by atoms with Crippen LogP contribution in [0.15, 0.2) is 42.1 Å². The number of benzene rings is 1. The van der Waals surface area contributed by atoms with Crippen molar-refractivity contribution in [2.24, 2.45) is 0 Å². The van der Waals surface area contributed by atoms with Crippen molar-refractivity contribution < 1.29 is 14.6 Å². The van der Waals surface area contributed by atoms with Crippen LogP contribution in [0.4, 0.5) is 0 Å². The monoisotopic (exact) mass is 218 g/mol. The lowest BCUT2D eigenvalue weighted by Gasteiger charge is -2.10. The van der Waals surface area contributed by atoms with Crippen molar-refractivity contribution in [3.8, 4) is 0 Å². The quantitative estimate of drug-likeness (QED) is 0.625. The lowest BCUT2D eigenvalue weighted by molar-refractivity contribution is 0.0600. The van der Waals surface area contributed by atoms with Gasteiger partial charge in [0.05, 0.1) is 12.7 Å². The number of hydrogen-bond acceptors (Lipinski definition) is 3. The summed E-state index contributed by atoms with van der Waals surface area (Å²) in [5.74, 6) is -0.392. The first-order valence-corrected chi connectivity index (χ1v) is 4.83. The minimum absolute atomic E-state index is 0.392. The summed E-state index contributed by atoms with van der Waals surface area (Å²) in [6.07, 6.45) is -0.732. The van der Waals surface area contributed by atoms with Crippen LogP contribution in [-0.4, -0.2) is 18.2 Å². The number of aliphatic hydroxyl groups is 1. The van der Waals surface area contributed by atoms with Crippen molar-refractivity contribution in [3.63, 3.8) is 0 Å². The van der Waals surface area contributed by atoms with Crippen LogP contribution in [0.1, 0.15) is 28.9 Å². The largest absolute Gasteiger partial charge is 0.465 e. The van der Waals surface area contributed by atoms with Crippen LogP contribution in [-0.2, 0) is 4.74 Å². The molecular weight excluding hydrogens is 204 g/mol. The molecule has 0 bridgehead atoms. The second-order valence-electron chi connectivity index (χ2n) is 3.38.